The van der Waals surface area contributed by atoms with Gasteiger partial charge in [0, 0.05) is 5.69 Å². The second-order valence-corrected chi connectivity index (χ2v) is 16.3. The molecule has 2 aromatic rings. The first-order valence-corrected chi connectivity index (χ1v) is 23.3. The van der Waals surface area contributed by atoms with E-state index < -0.39 is 0 Å². The third kappa shape index (κ3) is 26.0. The first-order valence-electron chi connectivity index (χ1n) is 22.9. The number of benzene rings is 2. The van der Waals surface area contributed by atoms with Gasteiger partial charge in [-0.3, -0.25) is 0 Å². The normalized spacial score (nSPS) is 11.3. The largest absolute Gasteiger partial charge is 0.431 e. The maximum absolute atomic E-state index is 6.32. The molecular formula is C49H83NOS. The van der Waals surface area contributed by atoms with Crippen LogP contribution < -0.4 is 10.1 Å². The van der Waals surface area contributed by atoms with Crippen LogP contribution in [-0.4, -0.2) is 5.17 Å². The van der Waals surface area contributed by atoms with Crippen molar-refractivity contribution in [2.75, 3.05) is 5.32 Å². The molecule has 52 heavy (non-hydrogen) atoms. The highest BCUT2D eigenvalue weighted by Gasteiger charge is 2.12. The Labute approximate surface area is 329 Å². The Morgan fingerprint density at radius 2 is 0.788 bits per heavy atom. The van der Waals surface area contributed by atoms with Crippen molar-refractivity contribution in [3.63, 3.8) is 0 Å². The summed E-state index contributed by atoms with van der Waals surface area (Å²) in [7, 11) is 0. The predicted molar refractivity (Wildman–Crippen MR) is 236 cm³/mol. The van der Waals surface area contributed by atoms with Gasteiger partial charge in [-0.2, -0.15) is 0 Å². The minimum Gasteiger partial charge on any atom is -0.431 e. The quantitative estimate of drug-likeness (QED) is 0.0556. The highest BCUT2D eigenvalue weighted by atomic mass is 32.1. The van der Waals surface area contributed by atoms with Gasteiger partial charge in [-0.25, -0.2) is 0 Å². The third-order valence-electron chi connectivity index (χ3n) is 11.0. The molecule has 0 atom stereocenters. The van der Waals surface area contributed by atoms with E-state index in [1.54, 1.807) is 0 Å². The summed E-state index contributed by atoms with van der Waals surface area (Å²) in [5.41, 5.74) is 3.81. The molecule has 296 valence electrons. The van der Waals surface area contributed by atoms with Gasteiger partial charge in [0.25, 0.3) is 5.17 Å². The van der Waals surface area contributed by atoms with Crippen LogP contribution in [0.15, 0.2) is 48.5 Å². The van der Waals surface area contributed by atoms with Crippen molar-refractivity contribution >= 4 is 23.1 Å². The van der Waals surface area contributed by atoms with Crippen LogP contribution in [0.5, 0.6) is 5.75 Å². The molecule has 0 aliphatic carbocycles. The summed E-state index contributed by atoms with van der Waals surface area (Å²) in [6.07, 6.45) is 47.2. The average molecular weight is 734 g/mol. The topological polar surface area (TPSA) is 21.3 Å². The highest BCUT2D eigenvalue weighted by molar-refractivity contribution is 7.80. The summed E-state index contributed by atoms with van der Waals surface area (Å²) in [6, 6.07) is 16.7. The zero-order valence-electron chi connectivity index (χ0n) is 34.5. The van der Waals surface area contributed by atoms with Gasteiger partial charge >= 0.3 is 0 Å². The van der Waals surface area contributed by atoms with Crippen LogP contribution in [0.25, 0.3) is 0 Å². The first kappa shape index (κ1) is 46.3. The molecule has 3 heteroatoms. The number of ether oxygens (including phenoxy) is 1. The summed E-state index contributed by atoms with van der Waals surface area (Å²) in [5.74, 6) is 0.948. The maximum Gasteiger partial charge on any atom is 0.266 e. The van der Waals surface area contributed by atoms with Crippen LogP contribution in [0.1, 0.15) is 230 Å². The molecule has 0 saturated carbocycles. The van der Waals surface area contributed by atoms with Crippen molar-refractivity contribution in [2.45, 2.75) is 232 Å². The zero-order chi connectivity index (χ0) is 37.0. The SMILES string of the molecule is CCCCCCCCCCCCCCCCCCc1cccc(OC(=S)Nc2ccccc2)c1CCCCCCCCCCCCCCCCCC. The summed E-state index contributed by atoms with van der Waals surface area (Å²) in [4.78, 5) is 0. The lowest BCUT2D eigenvalue weighted by molar-refractivity contribution is 0.525. The molecule has 0 fully saturated rings. The van der Waals surface area contributed by atoms with E-state index >= 15 is 0 Å². The second kappa shape index (κ2) is 34.9. The fraction of sp³-hybridized carbons (Fsp3) is 0.735. The van der Waals surface area contributed by atoms with Gasteiger partial charge in [-0.15, -0.1) is 0 Å². The maximum atomic E-state index is 6.32. The number of aryl methyl sites for hydroxylation is 1. The van der Waals surface area contributed by atoms with Crippen molar-refractivity contribution in [1.29, 1.82) is 0 Å². The van der Waals surface area contributed by atoms with Crippen molar-refractivity contribution in [3.05, 3.63) is 59.7 Å². The van der Waals surface area contributed by atoms with Crippen molar-refractivity contribution < 1.29 is 4.74 Å². The van der Waals surface area contributed by atoms with E-state index in [9.17, 15) is 0 Å². The van der Waals surface area contributed by atoms with Gasteiger partial charge in [0.2, 0.25) is 0 Å². The van der Waals surface area contributed by atoms with Crippen molar-refractivity contribution in [1.82, 2.24) is 0 Å². The van der Waals surface area contributed by atoms with E-state index in [1.807, 2.05) is 30.3 Å². The summed E-state index contributed by atoms with van der Waals surface area (Å²) >= 11 is 5.65. The molecule has 1 N–H and O–H groups in total. The molecule has 2 nitrogen and oxygen atoms in total. The molecule has 0 heterocycles. The van der Waals surface area contributed by atoms with Crippen LogP contribution >= 0.6 is 12.2 Å². The van der Waals surface area contributed by atoms with Crippen molar-refractivity contribution in [3.8, 4) is 5.75 Å². The van der Waals surface area contributed by atoms with Crippen LogP contribution in [0.2, 0.25) is 0 Å². The minimum atomic E-state index is 0.430. The molecule has 0 aliphatic heterocycles. The third-order valence-corrected chi connectivity index (χ3v) is 11.2. The lowest BCUT2D eigenvalue weighted by Crippen LogP contribution is -2.17. The molecule has 2 aromatic carbocycles. The number of anilines is 1. The molecule has 0 aromatic heterocycles. The van der Waals surface area contributed by atoms with E-state index in [2.05, 4.69) is 37.4 Å². The second-order valence-electron chi connectivity index (χ2n) is 15.9. The molecule has 0 unspecified atom stereocenters. The van der Waals surface area contributed by atoms with Crippen LogP contribution in [-0.2, 0) is 12.8 Å². The number of unbranched alkanes of at least 4 members (excludes halogenated alkanes) is 30. The fourth-order valence-electron chi connectivity index (χ4n) is 7.70. The Morgan fingerprint density at radius 1 is 0.423 bits per heavy atom. The molecule has 2 rings (SSSR count). The Bertz CT molecular complexity index is 1070. The van der Waals surface area contributed by atoms with E-state index in [1.165, 1.54) is 217 Å². The molecule has 0 amide bonds. The number of para-hydroxylation sites is 1. The minimum absolute atomic E-state index is 0.430. The van der Waals surface area contributed by atoms with Gasteiger partial charge in [0.15, 0.2) is 0 Å². The standard InChI is InChI=1S/C49H83NOS/c1-3-5-7-9-11-13-15-17-19-21-23-25-27-29-31-34-39-45-40-38-44-48(51-49(52)50-46-41-35-33-36-42-46)47(45)43-37-32-30-28-26-24-22-20-18-16-14-12-10-8-6-4-2/h33,35-36,38,40-42,44H,3-32,34,37,39,43H2,1-2H3,(H,50,52). The number of hydrogen-bond donors (Lipinski definition) is 1. The highest BCUT2D eigenvalue weighted by Crippen LogP contribution is 2.28. The van der Waals surface area contributed by atoms with E-state index in [0.717, 1.165) is 24.3 Å². The van der Waals surface area contributed by atoms with Gasteiger partial charge in [0.1, 0.15) is 5.75 Å². The molecule has 0 bridgehead atoms. The number of hydrogen-bond acceptors (Lipinski definition) is 2. The summed E-state index contributed by atoms with van der Waals surface area (Å²) < 4.78 is 6.32. The van der Waals surface area contributed by atoms with Gasteiger partial charge in [-0.05, 0) is 67.2 Å². The van der Waals surface area contributed by atoms with E-state index in [0.29, 0.717) is 5.17 Å². The van der Waals surface area contributed by atoms with Crippen LogP contribution in [0, 0.1) is 0 Å². The molecule has 0 aliphatic rings. The van der Waals surface area contributed by atoms with Gasteiger partial charge in [0.05, 0.1) is 0 Å². The molecule has 0 spiro atoms. The van der Waals surface area contributed by atoms with E-state index in [4.69, 9.17) is 17.0 Å². The lowest BCUT2D eigenvalue weighted by atomic mass is 9.95. The Kier molecular flexibility index (Phi) is 31.0. The molecule has 0 saturated heterocycles. The van der Waals surface area contributed by atoms with Crippen molar-refractivity contribution in [2.24, 2.45) is 0 Å². The monoisotopic (exact) mass is 734 g/mol. The van der Waals surface area contributed by atoms with Crippen LogP contribution in [0.3, 0.4) is 0 Å². The number of rotatable bonds is 36. The average Bonchev–Trinajstić information content (AvgIpc) is 3.15. The van der Waals surface area contributed by atoms with Crippen LogP contribution in [0.4, 0.5) is 5.69 Å². The fourth-order valence-corrected chi connectivity index (χ4v) is 7.91. The summed E-state index contributed by atoms with van der Waals surface area (Å²) in [5, 5.41) is 3.70. The molecular weight excluding hydrogens is 651 g/mol. The Morgan fingerprint density at radius 3 is 1.19 bits per heavy atom. The van der Waals surface area contributed by atoms with Gasteiger partial charge in [-0.1, -0.05) is 237 Å². The first-order chi connectivity index (χ1) is 25.7. The zero-order valence-corrected chi connectivity index (χ0v) is 35.3. The Balaban J connectivity index is 1.65. The smallest absolute Gasteiger partial charge is 0.266 e. The molecule has 0 radical (unpaired) electrons. The summed E-state index contributed by atoms with van der Waals surface area (Å²) in [6.45, 7) is 4.61. The van der Waals surface area contributed by atoms with E-state index in [-0.39, 0.29) is 0 Å². The lowest BCUT2D eigenvalue weighted by Gasteiger charge is -2.17. The predicted octanol–water partition coefficient (Wildman–Crippen LogP) is 17.1. The Hall–Kier alpha value is -1.87. The van der Waals surface area contributed by atoms with Gasteiger partial charge < -0.3 is 10.1 Å². The number of thiocarbonyl (C=S) groups is 1. The number of nitrogens with one attached hydrogen (secondary N) is 1.